The van der Waals surface area contributed by atoms with Crippen LogP contribution in [-0.4, -0.2) is 23.9 Å². The van der Waals surface area contributed by atoms with E-state index in [0.29, 0.717) is 11.8 Å². The Morgan fingerprint density at radius 1 is 1.15 bits per heavy atom. The fraction of sp³-hybridized carbons (Fsp3) is 0.333. The zero-order valence-electron chi connectivity index (χ0n) is 11.9. The van der Waals surface area contributed by atoms with Crippen LogP contribution in [0.15, 0.2) is 24.3 Å². The molecule has 2 aromatic rings. The van der Waals surface area contributed by atoms with E-state index >= 15 is 0 Å². The summed E-state index contributed by atoms with van der Waals surface area (Å²) in [6.45, 7) is 4.60. The summed E-state index contributed by atoms with van der Waals surface area (Å²) in [7, 11) is 1.70. The predicted molar refractivity (Wildman–Crippen MR) is 81.8 cm³/mol. The lowest BCUT2D eigenvalue weighted by atomic mass is 10.1. The van der Waals surface area contributed by atoms with Gasteiger partial charge in [0.25, 0.3) is 0 Å². The van der Waals surface area contributed by atoms with Crippen LogP contribution in [0.2, 0.25) is 5.15 Å². The standard InChI is InChI=1S/C15H18ClN3O/c1-10-11(2)15(19-18-14(10)16)17-13-7-5-4-6-12(13)8-9-20-3/h4-7H,8-9H2,1-3H3,(H,17,19). The molecule has 0 aliphatic rings. The number of hydrogen-bond donors (Lipinski definition) is 1. The maximum atomic E-state index is 5.97. The van der Waals surface area contributed by atoms with Crippen molar-refractivity contribution >= 4 is 23.1 Å². The third-order valence-electron chi connectivity index (χ3n) is 3.31. The molecule has 4 nitrogen and oxygen atoms in total. The summed E-state index contributed by atoms with van der Waals surface area (Å²) in [6.07, 6.45) is 0.846. The molecule has 0 atom stereocenters. The molecule has 1 N–H and O–H groups in total. The van der Waals surface area contributed by atoms with E-state index in [1.165, 1.54) is 5.56 Å². The molecule has 106 valence electrons. The largest absolute Gasteiger partial charge is 0.384 e. The molecule has 1 aromatic carbocycles. The smallest absolute Gasteiger partial charge is 0.156 e. The highest BCUT2D eigenvalue weighted by atomic mass is 35.5. The Morgan fingerprint density at radius 3 is 2.65 bits per heavy atom. The fourth-order valence-corrected chi connectivity index (χ4v) is 2.07. The normalized spacial score (nSPS) is 10.6. The van der Waals surface area contributed by atoms with Crippen molar-refractivity contribution in [1.82, 2.24) is 10.2 Å². The zero-order valence-corrected chi connectivity index (χ0v) is 12.7. The molecule has 0 aliphatic carbocycles. The van der Waals surface area contributed by atoms with Crippen molar-refractivity contribution in [3.63, 3.8) is 0 Å². The van der Waals surface area contributed by atoms with Gasteiger partial charge in [-0.15, -0.1) is 10.2 Å². The Labute approximate surface area is 124 Å². The quantitative estimate of drug-likeness (QED) is 0.913. The maximum absolute atomic E-state index is 5.97. The highest BCUT2D eigenvalue weighted by Crippen LogP contribution is 2.25. The van der Waals surface area contributed by atoms with Crippen molar-refractivity contribution in [2.24, 2.45) is 0 Å². The van der Waals surface area contributed by atoms with Crippen LogP contribution in [0.3, 0.4) is 0 Å². The number of aromatic nitrogens is 2. The van der Waals surface area contributed by atoms with E-state index in [4.69, 9.17) is 16.3 Å². The fourth-order valence-electron chi connectivity index (χ4n) is 1.89. The van der Waals surface area contributed by atoms with E-state index in [0.717, 1.165) is 29.1 Å². The topological polar surface area (TPSA) is 47.0 Å². The molecular formula is C15H18ClN3O. The second-order valence-corrected chi connectivity index (χ2v) is 4.97. The van der Waals surface area contributed by atoms with Crippen molar-refractivity contribution in [2.45, 2.75) is 20.3 Å². The summed E-state index contributed by atoms with van der Waals surface area (Å²) in [5, 5.41) is 11.9. The number of ether oxygens (including phenoxy) is 1. The van der Waals surface area contributed by atoms with Gasteiger partial charge in [-0.2, -0.15) is 0 Å². The number of anilines is 2. The van der Waals surface area contributed by atoms with Gasteiger partial charge in [-0.05, 0) is 43.0 Å². The summed E-state index contributed by atoms with van der Waals surface area (Å²) >= 11 is 5.97. The van der Waals surface area contributed by atoms with Crippen molar-refractivity contribution in [1.29, 1.82) is 0 Å². The summed E-state index contributed by atoms with van der Waals surface area (Å²) in [5.41, 5.74) is 4.15. The first-order valence-electron chi connectivity index (χ1n) is 6.46. The minimum atomic E-state index is 0.445. The van der Waals surface area contributed by atoms with Crippen molar-refractivity contribution in [3.8, 4) is 0 Å². The lowest BCUT2D eigenvalue weighted by Gasteiger charge is -2.13. The van der Waals surface area contributed by atoms with Gasteiger partial charge in [0.15, 0.2) is 11.0 Å². The number of para-hydroxylation sites is 1. The Hall–Kier alpha value is -1.65. The Balaban J connectivity index is 2.28. The molecule has 5 heteroatoms. The van der Waals surface area contributed by atoms with Gasteiger partial charge in [0.05, 0.1) is 6.61 Å². The van der Waals surface area contributed by atoms with E-state index in [1.807, 2.05) is 32.0 Å². The van der Waals surface area contributed by atoms with Crippen LogP contribution in [0.4, 0.5) is 11.5 Å². The van der Waals surface area contributed by atoms with Gasteiger partial charge < -0.3 is 10.1 Å². The first-order valence-corrected chi connectivity index (χ1v) is 6.84. The highest BCUT2D eigenvalue weighted by molar-refractivity contribution is 6.30. The number of methoxy groups -OCH3 is 1. The van der Waals surface area contributed by atoms with Gasteiger partial charge in [0.1, 0.15) is 0 Å². The first kappa shape index (κ1) is 14.8. The van der Waals surface area contributed by atoms with E-state index in [2.05, 4.69) is 21.6 Å². The monoisotopic (exact) mass is 291 g/mol. The van der Waals surface area contributed by atoms with Crippen LogP contribution in [0, 0.1) is 13.8 Å². The molecule has 0 bridgehead atoms. The minimum Gasteiger partial charge on any atom is -0.384 e. The van der Waals surface area contributed by atoms with Gasteiger partial charge in [-0.25, -0.2) is 0 Å². The molecule has 0 amide bonds. The van der Waals surface area contributed by atoms with Crippen molar-refractivity contribution in [3.05, 3.63) is 46.1 Å². The Morgan fingerprint density at radius 2 is 1.90 bits per heavy atom. The summed E-state index contributed by atoms with van der Waals surface area (Å²) in [6, 6.07) is 8.11. The SMILES string of the molecule is COCCc1ccccc1Nc1nnc(Cl)c(C)c1C. The molecule has 2 rings (SSSR count). The lowest BCUT2D eigenvalue weighted by molar-refractivity contribution is 0.202. The van der Waals surface area contributed by atoms with Gasteiger partial charge in [-0.1, -0.05) is 29.8 Å². The van der Waals surface area contributed by atoms with Gasteiger partial charge >= 0.3 is 0 Å². The summed E-state index contributed by atoms with van der Waals surface area (Å²) in [4.78, 5) is 0. The molecule has 1 heterocycles. The van der Waals surface area contributed by atoms with Gasteiger partial charge in [-0.3, -0.25) is 0 Å². The Kier molecular flexibility index (Phi) is 4.93. The molecule has 0 unspecified atom stereocenters. The van der Waals surface area contributed by atoms with E-state index in [-0.39, 0.29) is 0 Å². The maximum Gasteiger partial charge on any atom is 0.156 e. The molecular weight excluding hydrogens is 274 g/mol. The van der Waals surface area contributed by atoms with Crippen LogP contribution in [0.1, 0.15) is 16.7 Å². The predicted octanol–water partition coefficient (Wildman–Crippen LogP) is 3.68. The highest BCUT2D eigenvalue weighted by Gasteiger charge is 2.10. The molecule has 0 fully saturated rings. The lowest BCUT2D eigenvalue weighted by Crippen LogP contribution is -2.04. The number of benzene rings is 1. The second-order valence-electron chi connectivity index (χ2n) is 4.61. The molecule has 0 radical (unpaired) electrons. The Bertz CT molecular complexity index is 602. The molecule has 0 spiro atoms. The summed E-state index contributed by atoms with van der Waals surface area (Å²) in [5.74, 6) is 0.733. The average Bonchev–Trinajstić information content (AvgIpc) is 2.47. The van der Waals surface area contributed by atoms with Crippen LogP contribution < -0.4 is 5.32 Å². The van der Waals surface area contributed by atoms with Gasteiger partial charge in [0, 0.05) is 12.8 Å². The number of nitrogens with one attached hydrogen (secondary N) is 1. The first-order chi connectivity index (χ1) is 9.63. The molecule has 20 heavy (non-hydrogen) atoms. The number of hydrogen-bond acceptors (Lipinski definition) is 4. The van der Waals surface area contributed by atoms with Crippen LogP contribution in [-0.2, 0) is 11.2 Å². The van der Waals surface area contributed by atoms with E-state index in [9.17, 15) is 0 Å². The summed E-state index contributed by atoms with van der Waals surface area (Å²) < 4.78 is 5.14. The number of nitrogens with zero attached hydrogens (tertiary/aromatic N) is 2. The second kappa shape index (κ2) is 6.68. The third kappa shape index (κ3) is 3.26. The average molecular weight is 292 g/mol. The molecule has 1 aromatic heterocycles. The minimum absolute atomic E-state index is 0.445. The number of halogens is 1. The molecule has 0 saturated carbocycles. The van der Waals surface area contributed by atoms with Crippen molar-refractivity contribution in [2.75, 3.05) is 19.0 Å². The molecule has 0 aliphatic heterocycles. The van der Waals surface area contributed by atoms with Crippen LogP contribution in [0.25, 0.3) is 0 Å². The van der Waals surface area contributed by atoms with E-state index in [1.54, 1.807) is 7.11 Å². The van der Waals surface area contributed by atoms with Crippen LogP contribution >= 0.6 is 11.6 Å². The number of rotatable bonds is 5. The third-order valence-corrected chi connectivity index (χ3v) is 3.67. The van der Waals surface area contributed by atoms with Gasteiger partial charge in [0.2, 0.25) is 0 Å². The van der Waals surface area contributed by atoms with E-state index < -0.39 is 0 Å². The van der Waals surface area contributed by atoms with Crippen LogP contribution in [0.5, 0.6) is 0 Å². The van der Waals surface area contributed by atoms with Crippen molar-refractivity contribution < 1.29 is 4.74 Å². The molecule has 0 saturated heterocycles. The zero-order chi connectivity index (χ0) is 14.5.